The van der Waals surface area contributed by atoms with E-state index in [0.717, 1.165) is 31.6 Å². The van der Waals surface area contributed by atoms with Crippen molar-refractivity contribution < 1.29 is 8.42 Å². The van der Waals surface area contributed by atoms with Gasteiger partial charge in [0.15, 0.2) is 14.9 Å². The highest BCUT2D eigenvalue weighted by Gasteiger charge is 2.18. The van der Waals surface area contributed by atoms with Crippen molar-refractivity contribution in [1.29, 1.82) is 0 Å². The summed E-state index contributed by atoms with van der Waals surface area (Å²) in [4.78, 5) is 12.8. The van der Waals surface area contributed by atoms with Gasteiger partial charge in [0.2, 0.25) is 0 Å². The van der Waals surface area contributed by atoms with Crippen LogP contribution in [-0.2, 0) is 9.84 Å². The Hall–Kier alpha value is -2.06. The minimum Gasteiger partial charge on any atom is -0.369 e. The first-order valence-electron chi connectivity index (χ1n) is 8.48. The van der Waals surface area contributed by atoms with Gasteiger partial charge in [-0.1, -0.05) is 6.07 Å². The molecule has 2 aromatic heterocycles. The monoisotopic (exact) mass is 361 g/mol. The second-order valence-corrected chi connectivity index (χ2v) is 8.24. The van der Waals surface area contributed by atoms with Crippen molar-refractivity contribution in [3.05, 3.63) is 42.0 Å². The van der Waals surface area contributed by atoms with Crippen molar-refractivity contribution in [2.45, 2.75) is 30.7 Å². The summed E-state index contributed by atoms with van der Waals surface area (Å²) in [6.45, 7) is 4.11. The van der Waals surface area contributed by atoms with Gasteiger partial charge in [-0.2, -0.15) is 0 Å². The molecular weight excluding hydrogens is 338 g/mol. The molecule has 25 heavy (non-hydrogen) atoms. The lowest BCUT2D eigenvalue weighted by molar-refractivity contribution is 0.453. The molecule has 8 heteroatoms. The van der Waals surface area contributed by atoms with Crippen LogP contribution in [0, 0.1) is 6.92 Å². The highest BCUT2D eigenvalue weighted by molar-refractivity contribution is 7.91. The zero-order chi connectivity index (χ0) is 17.7. The maximum absolute atomic E-state index is 12.3. The first-order chi connectivity index (χ1) is 12.0. The third kappa shape index (κ3) is 4.73. The smallest absolute Gasteiger partial charge is 0.197 e. The number of rotatable bonds is 6. The summed E-state index contributed by atoms with van der Waals surface area (Å²) >= 11 is 0. The maximum atomic E-state index is 12.3. The molecule has 1 atom stereocenters. The van der Waals surface area contributed by atoms with Crippen LogP contribution >= 0.6 is 0 Å². The molecule has 0 radical (unpaired) electrons. The number of hydrogen-bond acceptors (Lipinski definition) is 7. The van der Waals surface area contributed by atoms with Crippen LogP contribution < -0.4 is 10.6 Å². The molecule has 2 aromatic rings. The van der Waals surface area contributed by atoms with Crippen LogP contribution in [0.4, 0.5) is 5.82 Å². The predicted molar refractivity (Wildman–Crippen MR) is 96.4 cm³/mol. The molecule has 0 amide bonds. The molecular formula is C17H23N5O2S. The summed E-state index contributed by atoms with van der Waals surface area (Å²) in [5, 5.41) is 6.60. The predicted octanol–water partition coefficient (Wildman–Crippen LogP) is 1.53. The number of hydrogen-bond donors (Lipinski definition) is 2. The molecule has 134 valence electrons. The van der Waals surface area contributed by atoms with E-state index in [2.05, 4.69) is 25.6 Å². The first kappa shape index (κ1) is 17.8. The number of sulfone groups is 1. The summed E-state index contributed by atoms with van der Waals surface area (Å²) in [7, 11) is -3.40. The Morgan fingerprint density at radius 2 is 2.20 bits per heavy atom. The molecule has 1 aliphatic heterocycles. The Morgan fingerprint density at radius 1 is 1.32 bits per heavy atom. The number of nitrogens with one attached hydrogen (secondary N) is 2. The van der Waals surface area contributed by atoms with Crippen molar-refractivity contribution in [3.63, 3.8) is 0 Å². The van der Waals surface area contributed by atoms with Gasteiger partial charge in [-0.05, 0) is 38.4 Å². The van der Waals surface area contributed by atoms with Gasteiger partial charge in [0, 0.05) is 31.3 Å². The molecule has 1 saturated heterocycles. The Bertz CT molecular complexity index is 805. The Kier molecular flexibility index (Phi) is 5.60. The highest BCUT2D eigenvalue weighted by atomic mass is 32.2. The van der Waals surface area contributed by atoms with E-state index in [0.29, 0.717) is 17.6 Å². The second kappa shape index (κ2) is 7.88. The lowest BCUT2D eigenvalue weighted by Gasteiger charge is -2.22. The van der Waals surface area contributed by atoms with Gasteiger partial charge >= 0.3 is 0 Å². The van der Waals surface area contributed by atoms with E-state index < -0.39 is 9.84 Å². The molecule has 0 aromatic carbocycles. The van der Waals surface area contributed by atoms with Crippen molar-refractivity contribution >= 4 is 15.7 Å². The van der Waals surface area contributed by atoms with E-state index in [9.17, 15) is 8.42 Å². The fourth-order valence-corrected chi connectivity index (χ4v) is 4.03. The van der Waals surface area contributed by atoms with Crippen LogP contribution in [0.25, 0.3) is 0 Å². The van der Waals surface area contributed by atoms with Gasteiger partial charge in [-0.3, -0.25) is 0 Å². The van der Waals surface area contributed by atoms with Gasteiger partial charge in [-0.25, -0.2) is 23.4 Å². The summed E-state index contributed by atoms with van der Waals surface area (Å²) in [6, 6.07) is 6.81. The molecule has 3 rings (SSSR count). The molecule has 7 nitrogen and oxygen atoms in total. The van der Waals surface area contributed by atoms with Crippen molar-refractivity contribution in [3.8, 4) is 0 Å². The number of aromatic nitrogens is 3. The summed E-state index contributed by atoms with van der Waals surface area (Å²) < 4.78 is 24.5. The lowest BCUT2D eigenvalue weighted by atomic mass is 9.96. The maximum Gasteiger partial charge on any atom is 0.197 e. The lowest BCUT2D eigenvalue weighted by Crippen LogP contribution is -2.29. The zero-order valence-corrected chi connectivity index (χ0v) is 15.1. The minimum atomic E-state index is -3.40. The van der Waals surface area contributed by atoms with Crippen LogP contribution in [0.3, 0.4) is 0 Å². The quantitative estimate of drug-likeness (QED) is 0.805. The third-order valence-corrected chi connectivity index (χ3v) is 5.83. The zero-order valence-electron chi connectivity index (χ0n) is 14.3. The van der Waals surface area contributed by atoms with Gasteiger partial charge in [0.25, 0.3) is 0 Å². The molecule has 2 N–H and O–H groups in total. The van der Waals surface area contributed by atoms with Crippen molar-refractivity contribution in [2.24, 2.45) is 0 Å². The van der Waals surface area contributed by atoms with Gasteiger partial charge in [0.1, 0.15) is 11.6 Å². The number of aryl methyl sites for hydroxylation is 1. The fourth-order valence-electron chi connectivity index (χ4n) is 2.94. The van der Waals surface area contributed by atoms with E-state index in [1.807, 2.05) is 13.0 Å². The van der Waals surface area contributed by atoms with Crippen LogP contribution in [0.15, 0.2) is 35.5 Å². The molecule has 0 aliphatic carbocycles. The van der Waals surface area contributed by atoms with E-state index in [1.54, 1.807) is 12.1 Å². The SMILES string of the molecule is Cc1nc(NCCS(=O)(=O)c2ccccn2)cc([C@H]2CCCNC2)n1. The topological polar surface area (TPSA) is 96.9 Å². The number of anilines is 1. The Labute approximate surface area is 148 Å². The summed E-state index contributed by atoms with van der Waals surface area (Å²) in [6.07, 6.45) is 3.73. The highest BCUT2D eigenvalue weighted by Crippen LogP contribution is 2.23. The molecule has 0 unspecified atom stereocenters. The minimum absolute atomic E-state index is 0.0343. The fraction of sp³-hybridized carbons (Fsp3) is 0.471. The van der Waals surface area contributed by atoms with E-state index >= 15 is 0 Å². The van der Waals surface area contributed by atoms with Gasteiger partial charge in [-0.15, -0.1) is 0 Å². The standard InChI is InChI=1S/C17H23N5O2S/c1-13-21-15(14-5-4-7-18-12-14)11-16(22-13)19-9-10-25(23,24)17-6-2-3-8-20-17/h2-3,6,8,11,14,18H,4-5,7,9-10,12H2,1H3,(H,19,21,22)/t14-/m0/s1. The van der Waals surface area contributed by atoms with Gasteiger partial charge < -0.3 is 10.6 Å². The van der Waals surface area contributed by atoms with Crippen LogP contribution in [0.2, 0.25) is 0 Å². The molecule has 0 spiro atoms. The number of pyridine rings is 1. The first-order valence-corrected chi connectivity index (χ1v) is 10.1. The second-order valence-electron chi connectivity index (χ2n) is 6.18. The Morgan fingerprint density at radius 3 is 2.92 bits per heavy atom. The van der Waals surface area contributed by atoms with E-state index in [-0.39, 0.29) is 17.3 Å². The molecule has 0 bridgehead atoms. The molecule has 1 aliphatic rings. The molecule has 3 heterocycles. The average molecular weight is 361 g/mol. The normalized spacial score (nSPS) is 18.0. The number of nitrogens with zero attached hydrogens (tertiary/aromatic N) is 3. The van der Waals surface area contributed by atoms with Crippen LogP contribution in [0.1, 0.15) is 30.3 Å². The molecule has 1 fully saturated rings. The van der Waals surface area contributed by atoms with E-state index in [1.165, 1.54) is 12.3 Å². The van der Waals surface area contributed by atoms with Crippen molar-refractivity contribution in [2.75, 3.05) is 30.7 Å². The van der Waals surface area contributed by atoms with E-state index in [4.69, 9.17) is 0 Å². The average Bonchev–Trinajstić information content (AvgIpc) is 2.63. The number of piperidine rings is 1. The molecule has 0 saturated carbocycles. The van der Waals surface area contributed by atoms with Crippen LogP contribution in [0.5, 0.6) is 0 Å². The summed E-state index contributed by atoms with van der Waals surface area (Å²) in [5.41, 5.74) is 1.01. The van der Waals surface area contributed by atoms with Crippen LogP contribution in [-0.4, -0.2) is 48.8 Å². The van der Waals surface area contributed by atoms with Gasteiger partial charge in [0.05, 0.1) is 11.4 Å². The third-order valence-electron chi connectivity index (χ3n) is 4.21. The summed E-state index contributed by atoms with van der Waals surface area (Å²) in [5.74, 6) is 1.71. The Balaban J connectivity index is 1.64. The van der Waals surface area contributed by atoms with Crippen molar-refractivity contribution in [1.82, 2.24) is 20.3 Å². The largest absolute Gasteiger partial charge is 0.369 e.